The van der Waals surface area contributed by atoms with Gasteiger partial charge in [-0.25, -0.2) is 0 Å². The van der Waals surface area contributed by atoms with Gasteiger partial charge in [-0.3, -0.25) is 0 Å². The molecule has 0 spiro atoms. The maximum absolute atomic E-state index is 9.53. The van der Waals surface area contributed by atoms with Gasteiger partial charge in [0.25, 0.3) is 0 Å². The van der Waals surface area contributed by atoms with Gasteiger partial charge in [-0.15, -0.1) is 33.0 Å². The van der Waals surface area contributed by atoms with Crippen LogP contribution in [0.3, 0.4) is 0 Å². The molecule has 0 saturated heterocycles. The van der Waals surface area contributed by atoms with Crippen molar-refractivity contribution in [2.24, 2.45) is 0 Å². The van der Waals surface area contributed by atoms with E-state index in [4.69, 9.17) is 0 Å². The van der Waals surface area contributed by atoms with E-state index in [1.165, 1.54) is 0 Å². The molecule has 0 unspecified atom stereocenters. The SMILES string of the molecule is O=CCCC[O-].O=CCCC[O-].O=CCCC[O-].O=CCCC[O-].O=CCCC[O-].[V]. The van der Waals surface area contributed by atoms with Crippen LogP contribution >= 0.6 is 0 Å². The van der Waals surface area contributed by atoms with Crippen LogP contribution in [0, 0.1) is 0 Å². The molecule has 11 heteroatoms. The number of hydrogen-bond acceptors (Lipinski definition) is 10. The summed E-state index contributed by atoms with van der Waals surface area (Å²) in [6.07, 6.45) is 8.36. The molecule has 0 aromatic rings. The molecule has 0 aliphatic rings. The summed E-state index contributed by atoms with van der Waals surface area (Å²) in [5.41, 5.74) is 0. The molecule has 10 nitrogen and oxygen atoms in total. The van der Waals surface area contributed by atoms with E-state index in [9.17, 15) is 49.5 Å². The Morgan fingerprint density at radius 1 is 0.355 bits per heavy atom. The van der Waals surface area contributed by atoms with Crippen molar-refractivity contribution in [3.05, 3.63) is 0 Å². The van der Waals surface area contributed by atoms with Crippen LogP contribution in [0.25, 0.3) is 0 Å². The van der Waals surface area contributed by atoms with Crippen LogP contribution in [0.4, 0.5) is 0 Å². The molecular formula is C20H35O10V-5. The average molecular weight is 486 g/mol. The van der Waals surface area contributed by atoms with Gasteiger partial charge in [-0.2, -0.15) is 0 Å². The van der Waals surface area contributed by atoms with Gasteiger partial charge in [-0.1, -0.05) is 32.1 Å². The van der Waals surface area contributed by atoms with Crippen molar-refractivity contribution in [3.63, 3.8) is 0 Å². The van der Waals surface area contributed by atoms with Crippen molar-refractivity contribution in [1.82, 2.24) is 0 Å². The van der Waals surface area contributed by atoms with Gasteiger partial charge in [-0.05, 0) is 0 Å². The van der Waals surface area contributed by atoms with Crippen LogP contribution in [0.5, 0.6) is 0 Å². The van der Waals surface area contributed by atoms with Gasteiger partial charge < -0.3 is 49.5 Å². The molecule has 0 bridgehead atoms. The molecule has 0 rings (SSSR count). The molecule has 0 aromatic carbocycles. The third kappa shape index (κ3) is 109. The number of aldehydes is 5. The molecule has 0 fully saturated rings. The Hall–Kier alpha value is -1.27. The Balaban J connectivity index is -0.0000000625. The largest absolute Gasteiger partial charge is 0.854 e. The summed E-state index contributed by atoms with van der Waals surface area (Å²) < 4.78 is 0. The van der Waals surface area contributed by atoms with E-state index >= 15 is 0 Å². The number of unbranched alkanes of at least 4 members (excludes halogenated alkanes) is 5. The zero-order chi connectivity index (χ0) is 24.1. The average Bonchev–Trinajstić information content (AvgIpc) is 2.78. The summed E-state index contributed by atoms with van der Waals surface area (Å²) in [6.45, 7) is -0.631. The van der Waals surface area contributed by atoms with Crippen molar-refractivity contribution in [2.75, 3.05) is 33.0 Å². The third-order valence-corrected chi connectivity index (χ3v) is 2.33. The second kappa shape index (κ2) is 63.0. The summed E-state index contributed by atoms with van der Waals surface area (Å²) >= 11 is 0. The molecular weight excluding hydrogens is 451 g/mol. The number of hydrogen-bond donors (Lipinski definition) is 0. The molecule has 0 aromatic heterocycles. The molecule has 0 saturated carbocycles. The van der Waals surface area contributed by atoms with Gasteiger partial charge in [0, 0.05) is 50.7 Å². The maximum Gasteiger partial charge on any atom is 0.119 e. The van der Waals surface area contributed by atoms with Gasteiger partial charge in [0.2, 0.25) is 0 Å². The fraction of sp³-hybridized carbons (Fsp3) is 0.750. The monoisotopic (exact) mass is 486 g/mol. The van der Waals surface area contributed by atoms with Crippen molar-refractivity contribution >= 4 is 31.4 Å². The topological polar surface area (TPSA) is 201 Å². The molecule has 0 amide bonds. The molecule has 0 aliphatic heterocycles. The van der Waals surface area contributed by atoms with Gasteiger partial charge in [0.1, 0.15) is 31.4 Å². The van der Waals surface area contributed by atoms with E-state index in [0.29, 0.717) is 64.2 Å². The molecule has 31 heavy (non-hydrogen) atoms. The summed E-state index contributed by atoms with van der Waals surface area (Å²) in [5.74, 6) is 0. The van der Waals surface area contributed by atoms with Crippen LogP contribution in [-0.4, -0.2) is 64.5 Å². The van der Waals surface area contributed by atoms with E-state index in [1.807, 2.05) is 0 Å². The van der Waals surface area contributed by atoms with E-state index < -0.39 is 0 Å². The Morgan fingerprint density at radius 2 is 0.484 bits per heavy atom. The Morgan fingerprint density at radius 3 is 0.516 bits per heavy atom. The van der Waals surface area contributed by atoms with Crippen LogP contribution < -0.4 is 25.5 Å². The predicted molar refractivity (Wildman–Crippen MR) is 101 cm³/mol. The van der Waals surface area contributed by atoms with E-state index in [1.54, 1.807) is 0 Å². The number of rotatable bonds is 15. The van der Waals surface area contributed by atoms with Crippen molar-refractivity contribution in [2.45, 2.75) is 64.2 Å². The van der Waals surface area contributed by atoms with Crippen LogP contribution in [0.2, 0.25) is 0 Å². The minimum atomic E-state index is -0.126. The number of carbonyl (C=O) groups is 5. The second-order valence-corrected chi connectivity index (χ2v) is 5.07. The zero-order valence-electron chi connectivity index (χ0n) is 18.0. The first kappa shape index (κ1) is 43.6. The molecule has 0 N–H and O–H groups in total. The van der Waals surface area contributed by atoms with Crippen molar-refractivity contribution in [1.29, 1.82) is 0 Å². The summed E-state index contributed by atoms with van der Waals surface area (Å²) in [6, 6.07) is 0. The Kier molecular flexibility index (Phi) is 88.5. The zero-order valence-corrected chi connectivity index (χ0v) is 19.4. The quantitative estimate of drug-likeness (QED) is 0.166. The molecule has 1 radical (unpaired) electrons. The Bertz CT molecular complexity index is 249. The standard InChI is InChI=1S/5C4H7O2.V/c5*5-3-1-2-4-6;/h5*3H,1-2,4H2;/q5*-1;. The first-order valence-electron chi connectivity index (χ1n) is 9.66. The second-order valence-electron chi connectivity index (χ2n) is 5.07. The summed E-state index contributed by atoms with van der Waals surface area (Å²) in [5, 5.41) is 47.6. The minimum absolute atomic E-state index is 0. The van der Waals surface area contributed by atoms with Crippen molar-refractivity contribution in [3.8, 4) is 0 Å². The van der Waals surface area contributed by atoms with E-state index in [-0.39, 0.29) is 51.6 Å². The fourth-order valence-electron chi connectivity index (χ4n) is 0.833. The smallest absolute Gasteiger partial charge is 0.119 e. The van der Waals surface area contributed by atoms with Gasteiger partial charge in [0.05, 0.1) is 0 Å². The first-order valence-corrected chi connectivity index (χ1v) is 9.66. The molecule has 185 valence electrons. The molecule has 0 heterocycles. The van der Waals surface area contributed by atoms with Gasteiger partial charge >= 0.3 is 0 Å². The number of carbonyl (C=O) groups excluding carboxylic acids is 5. The fourth-order valence-corrected chi connectivity index (χ4v) is 0.833. The minimum Gasteiger partial charge on any atom is -0.854 e. The summed E-state index contributed by atoms with van der Waals surface area (Å²) in [4.78, 5) is 47.1. The Labute approximate surface area is 196 Å². The predicted octanol–water partition coefficient (Wildman–Crippen LogP) is -3.37. The molecule has 0 atom stereocenters. The normalized spacial score (nSPS) is 7.90. The molecule has 0 aliphatic carbocycles. The van der Waals surface area contributed by atoms with Crippen LogP contribution in [0.15, 0.2) is 0 Å². The maximum atomic E-state index is 9.53. The van der Waals surface area contributed by atoms with Crippen molar-refractivity contribution < 1.29 is 68.1 Å². The van der Waals surface area contributed by atoms with Gasteiger partial charge in [0.15, 0.2) is 0 Å². The first-order chi connectivity index (χ1) is 14.6. The van der Waals surface area contributed by atoms with E-state index in [0.717, 1.165) is 31.4 Å². The third-order valence-electron chi connectivity index (χ3n) is 2.33. The van der Waals surface area contributed by atoms with Crippen LogP contribution in [0.1, 0.15) is 64.2 Å². The summed E-state index contributed by atoms with van der Waals surface area (Å²) in [7, 11) is 0. The van der Waals surface area contributed by atoms with E-state index in [2.05, 4.69) is 0 Å². The van der Waals surface area contributed by atoms with Crippen LogP contribution in [-0.2, 0) is 42.5 Å².